The second kappa shape index (κ2) is 8.40. The van der Waals surface area contributed by atoms with Crippen molar-refractivity contribution in [3.8, 4) is 28.6 Å². The Labute approximate surface area is 191 Å². The van der Waals surface area contributed by atoms with Gasteiger partial charge in [-0.15, -0.1) is 0 Å². The number of nitrogen functional groups attached to an aromatic ring is 1. The molecule has 164 valence electrons. The monoisotopic (exact) mass is 437 g/mol. The van der Waals surface area contributed by atoms with E-state index in [4.69, 9.17) is 15.5 Å². The van der Waals surface area contributed by atoms with Crippen molar-refractivity contribution in [2.45, 2.75) is 25.8 Å². The number of nitriles is 1. The van der Waals surface area contributed by atoms with E-state index in [1.54, 1.807) is 11.6 Å². The smallest absolute Gasteiger partial charge is 0.309 e. The van der Waals surface area contributed by atoms with E-state index in [1.165, 1.54) is 0 Å². The number of pyridine rings is 1. The summed E-state index contributed by atoms with van der Waals surface area (Å²) in [6.45, 7) is 2.17. The summed E-state index contributed by atoms with van der Waals surface area (Å²) in [6.07, 6.45) is 1.21. The van der Waals surface area contributed by atoms with Crippen molar-refractivity contribution in [3.63, 3.8) is 0 Å². The lowest BCUT2D eigenvalue weighted by atomic mass is 9.80. The topological polar surface area (TPSA) is 107 Å². The van der Waals surface area contributed by atoms with Crippen LogP contribution in [-0.4, -0.2) is 27.3 Å². The second-order valence-electron chi connectivity index (χ2n) is 8.21. The molecule has 2 N–H and O–H groups in total. The van der Waals surface area contributed by atoms with Gasteiger partial charge >= 0.3 is 5.97 Å². The van der Waals surface area contributed by atoms with E-state index in [-0.39, 0.29) is 17.9 Å². The van der Waals surface area contributed by atoms with E-state index in [2.05, 4.69) is 11.2 Å². The van der Waals surface area contributed by atoms with Crippen LogP contribution in [0.4, 0.5) is 5.82 Å². The average molecular weight is 438 g/mol. The molecule has 0 radical (unpaired) electrons. The minimum atomic E-state index is -0.185. The fourth-order valence-corrected chi connectivity index (χ4v) is 4.31. The molecular formula is C26H23N5O2. The number of fused-ring (bicyclic) bond motifs is 1. The largest absolute Gasteiger partial charge is 0.466 e. The maximum Gasteiger partial charge on any atom is 0.309 e. The molecule has 1 saturated carbocycles. The Morgan fingerprint density at radius 1 is 1.15 bits per heavy atom. The Bertz CT molecular complexity index is 1380. The van der Waals surface area contributed by atoms with E-state index in [9.17, 15) is 10.1 Å². The third-order valence-electron chi connectivity index (χ3n) is 6.17. The number of nitrogens with zero attached hydrogens (tertiary/aromatic N) is 4. The number of carbonyl (C=O) groups is 1. The maximum absolute atomic E-state index is 11.9. The van der Waals surface area contributed by atoms with Crippen molar-refractivity contribution < 1.29 is 9.53 Å². The van der Waals surface area contributed by atoms with Gasteiger partial charge in [-0.05, 0) is 31.9 Å². The van der Waals surface area contributed by atoms with Crippen molar-refractivity contribution in [1.29, 1.82) is 5.26 Å². The Morgan fingerprint density at radius 3 is 2.64 bits per heavy atom. The number of anilines is 1. The van der Waals surface area contributed by atoms with Crippen molar-refractivity contribution >= 4 is 22.7 Å². The van der Waals surface area contributed by atoms with Gasteiger partial charge < -0.3 is 10.5 Å². The van der Waals surface area contributed by atoms with Crippen LogP contribution in [0.3, 0.4) is 0 Å². The first-order valence-electron chi connectivity index (χ1n) is 11.0. The molecule has 0 unspecified atom stereocenters. The number of hydrogen-bond donors (Lipinski definition) is 1. The van der Waals surface area contributed by atoms with Crippen LogP contribution in [-0.2, 0) is 9.53 Å². The molecule has 0 amide bonds. The van der Waals surface area contributed by atoms with E-state index in [1.807, 2.05) is 60.7 Å². The molecule has 1 aliphatic carbocycles. The Kier molecular flexibility index (Phi) is 5.27. The van der Waals surface area contributed by atoms with Gasteiger partial charge in [0.15, 0.2) is 0 Å². The summed E-state index contributed by atoms with van der Waals surface area (Å²) in [5.74, 6) is -0.00487. The lowest BCUT2D eigenvalue weighted by molar-refractivity contribution is -0.152. The highest BCUT2D eigenvalue weighted by molar-refractivity contribution is 5.87. The summed E-state index contributed by atoms with van der Waals surface area (Å²) in [7, 11) is 0. The maximum atomic E-state index is 11.9. The van der Waals surface area contributed by atoms with Crippen molar-refractivity contribution in [3.05, 3.63) is 66.2 Å². The predicted octanol–water partition coefficient (Wildman–Crippen LogP) is 4.73. The summed E-state index contributed by atoms with van der Waals surface area (Å²) in [5, 5.41) is 15.5. The van der Waals surface area contributed by atoms with Gasteiger partial charge in [-0.2, -0.15) is 10.4 Å². The van der Waals surface area contributed by atoms with Gasteiger partial charge in [0.2, 0.25) is 0 Å². The van der Waals surface area contributed by atoms with E-state index < -0.39 is 0 Å². The summed E-state index contributed by atoms with van der Waals surface area (Å²) in [4.78, 5) is 16.8. The standard InChI is InChI=1S/C26H23N5O2/c1-2-33-26(32)19-12-20(13-19)31-25(28)21(15-27)24(30-31)18-9-8-17-10-11-22(29-23(17)14-18)16-6-4-3-5-7-16/h3-11,14,19-20H,2,12-13,28H2,1H3/t19-,20-. The minimum absolute atomic E-state index is 0.0245. The average Bonchev–Trinajstić information content (AvgIpc) is 3.14. The van der Waals surface area contributed by atoms with Crippen LogP contribution in [0.5, 0.6) is 0 Å². The third-order valence-corrected chi connectivity index (χ3v) is 6.17. The van der Waals surface area contributed by atoms with Gasteiger partial charge in [0.05, 0.1) is 29.8 Å². The first-order valence-corrected chi connectivity index (χ1v) is 11.0. The van der Waals surface area contributed by atoms with Crippen molar-refractivity contribution in [2.24, 2.45) is 5.92 Å². The molecule has 4 aromatic rings. The fraction of sp³-hybridized carbons (Fsp3) is 0.231. The van der Waals surface area contributed by atoms with E-state index in [0.717, 1.165) is 27.7 Å². The molecule has 2 aromatic carbocycles. The molecule has 0 atom stereocenters. The number of ether oxygens (including phenoxy) is 1. The van der Waals surface area contributed by atoms with Gasteiger partial charge in [0.25, 0.3) is 0 Å². The van der Waals surface area contributed by atoms with Crippen LogP contribution >= 0.6 is 0 Å². The number of hydrogen-bond acceptors (Lipinski definition) is 6. The molecule has 0 aliphatic heterocycles. The first-order chi connectivity index (χ1) is 16.1. The molecule has 2 aromatic heterocycles. The lowest BCUT2D eigenvalue weighted by Crippen LogP contribution is -2.34. The molecule has 1 fully saturated rings. The van der Waals surface area contributed by atoms with Crippen molar-refractivity contribution in [2.75, 3.05) is 12.3 Å². The Morgan fingerprint density at radius 2 is 1.91 bits per heavy atom. The van der Waals surface area contributed by atoms with E-state index in [0.29, 0.717) is 36.5 Å². The van der Waals surface area contributed by atoms with Crippen LogP contribution in [0.25, 0.3) is 33.4 Å². The van der Waals surface area contributed by atoms with Crippen LogP contribution in [0, 0.1) is 17.2 Å². The predicted molar refractivity (Wildman–Crippen MR) is 126 cm³/mol. The molecule has 0 saturated heterocycles. The molecule has 7 heteroatoms. The number of aromatic nitrogens is 3. The summed E-state index contributed by atoms with van der Waals surface area (Å²) < 4.78 is 6.79. The van der Waals surface area contributed by atoms with Gasteiger partial charge in [-0.1, -0.05) is 48.5 Å². The Hall–Kier alpha value is -4.18. The highest BCUT2D eigenvalue weighted by Gasteiger charge is 2.38. The summed E-state index contributed by atoms with van der Waals surface area (Å²) >= 11 is 0. The van der Waals surface area contributed by atoms with Crippen LogP contribution in [0.15, 0.2) is 60.7 Å². The number of nitrogens with two attached hydrogens (primary N) is 1. The number of rotatable bonds is 5. The SMILES string of the molecule is CCOC(=O)[C@H]1C[C@H](n2nc(-c3ccc4ccc(-c5ccccc5)nc4c3)c(C#N)c2N)C1. The molecule has 33 heavy (non-hydrogen) atoms. The summed E-state index contributed by atoms with van der Waals surface area (Å²) in [6, 6.07) is 22.1. The van der Waals surface area contributed by atoms with Crippen LogP contribution in [0.1, 0.15) is 31.4 Å². The minimum Gasteiger partial charge on any atom is -0.466 e. The molecule has 0 spiro atoms. The highest BCUT2D eigenvalue weighted by Crippen LogP contribution is 2.41. The highest BCUT2D eigenvalue weighted by atomic mass is 16.5. The van der Waals surface area contributed by atoms with Crippen molar-refractivity contribution in [1.82, 2.24) is 14.8 Å². The third kappa shape index (κ3) is 3.70. The molecule has 5 rings (SSSR count). The normalized spacial score (nSPS) is 17.3. The molecule has 0 bridgehead atoms. The molecule has 1 aliphatic rings. The molecule has 7 nitrogen and oxygen atoms in total. The number of esters is 1. The van der Waals surface area contributed by atoms with Gasteiger partial charge in [0, 0.05) is 16.5 Å². The van der Waals surface area contributed by atoms with Gasteiger partial charge in [-0.25, -0.2) is 9.67 Å². The quantitative estimate of drug-likeness (QED) is 0.452. The zero-order valence-corrected chi connectivity index (χ0v) is 18.2. The van der Waals surface area contributed by atoms with Gasteiger partial charge in [0.1, 0.15) is 23.1 Å². The van der Waals surface area contributed by atoms with E-state index >= 15 is 0 Å². The first kappa shape index (κ1) is 20.7. The second-order valence-corrected chi connectivity index (χ2v) is 8.21. The molecular weight excluding hydrogens is 414 g/mol. The Balaban J connectivity index is 1.49. The number of carbonyl (C=O) groups excluding carboxylic acids is 1. The zero-order valence-electron chi connectivity index (χ0n) is 18.2. The van der Waals surface area contributed by atoms with Gasteiger partial charge in [-0.3, -0.25) is 4.79 Å². The van der Waals surface area contributed by atoms with Crippen LogP contribution in [0.2, 0.25) is 0 Å². The zero-order chi connectivity index (χ0) is 22.9. The lowest BCUT2D eigenvalue weighted by Gasteiger charge is -2.33. The fourth-order valence-electron chi connectivity index (χ4n) is 4.31. The summed E-state index contributed by atoms with van der Waals surface area (Å²) in [5.41, 5.74) is 10.7. The van der Waals surface area contributed by atoms with Crippen LogP contribution < -0.4 is 5.73 Å². The molecule has 2 heterocycles. The number of benzene rings is 2.